The van der Waals surface area contributed by atoms with E-state index in [1.54, 1.807) is 13.0 Å². The lowest BCUT2D eigenvalue weighted by atomic mass is 10.4. The molecule has 1 N–H and O–H groups in total. The second-order valence-electron chi connectivity index (χ2n) is 2.31. The van der Waals surface area contributed by atoms with Crippen molar-refractivity contribution in [3.8, 4) is 0 Å². The summed E-state index contributed by atoms with van der Waals surface area (Å²) >= 11 is 5.97. The van der Waals surface area contributed by atoms with Crippen molar-refractivity contribution in [2.75, 3.05) is 6.54 Å². The number of carboxylic acid groups (broad SMARTS) is 1. The van der Waals surface area contributed by atoms with Crippen LogP contribution in [0, 0.1) is 0 Å². The molecule has 0 aromatic heterocycles. The van der Waals surface area contributed by atoms with Crippen LogP contribution in [-0.2, 0) is 9.59 Å². The van der Waals surface area contributed by atoms with E-state index in [9.17, 15) is 9.59 Å². The minimum Gasteiger partial charge on any atom is -0.480 e. The van der Waals surface area contributed by atoms with Gasteiger partial charge in [-0.1, -0.05) is 30.1 Å². The Balaban J connectivity index is 2.82. The topological polar surface area (TPSA) is 57.6 Å². The first-order valence-corrected chi connectivity index (χ1v) is 4.70. The van der Waals surface area contributed by atoms with Gasteiger partial charge >= 0.3 is 5.97 Å². The first-order valence-electron chi connectivity index (χ1n) is 3.48. The number of rotatable bonds is 2. The Morgan fingerprint density at radius 3 is 2.77 bits per heavy atom. The summed E-state index contributed by atoms with van der Waals surface area (Å²) < 4.78 is 0.306. The molecule has 1 fully saturated rings. The summed E-state index contributed by atoms with van der Waals surface area (Å²) in [6, 6.07) is 0. The molecule has 0 aromatic carbocycles. The predicted molar refractivity (Wildman–Crippen MR) is 53.3 cm³/mol. The maximum atomic E-state index is 11.4. The van der Waals surface area contributed by atoms with Crippen molar-refractivity contribution in [1.29, 1.82) is 0 Å². The van der Waals surface area contributed by atoms with Gasteiger partial charge in [-0.2, -0.15) is 0 Å². The monoisotopic (exact) mass is 217 g/mol. The first kappa shape index (κ1) is 10.2. The molecule has 1 amide bonds. The van der Waals surface area contributed by atoms with E-state index in [4.69, 9.17) is 17.3 Å². The summed E-state index contributed by atoms with van der Waals surface area (Å²) in [4.78, 5) is 23.3. The second kappa shape index (κ2) is 3.89. The molecule has 0 unspecified atom stereocenters. The number of hydrogen-bond acceptors (Lipinski definition) is 4. The van der Waals surface area contributed by atoms with Crippen molar-refractivity contribution in [1.82, 2.24) is 4.90 Å². The molecule has 0 bridgehead atoms. The fraction of sp³-hybridized carbons (Fsp3) is 0.286. The van der Waals surface area contributed by atoms with Crippen LogP contribution in [0.25, 0.3) is 0 Å². The Kier molecular flexibility index (Phi) is 3.05. The molecule has 0 atom stereocenters. The summed E-state index contributed by atoms with van der Waals surface area (Å²) in [5, 5.41) is 8.49. The number of allylic oxidation sites excluding steroid dienone is 1. The van der Waals surface area contributed by atoms with Crippen LogP contribution >= 0.6 is 24.0 Å². The molecule has 0 aliphatic carbocycles. The SMILES string of the molecule is C/C=C1\SC(=S)N(CC(=O)O)C1=O. The standard InChI is InChI=1S/C7H7NO3S2/c1-2-4-6(11)8(3-5(9)10)7(12)13-4/h2H,3H2,1H3,(H,9,10)/b4-2-. The van der Waals surface area contributed by atoms with Gasteiger partial charge in [-0.3, -0.25) is 14.5 Å². The summed E-state index contributed by atoms with van der Waals surface area (Å²) in [5.41, 5.74) is 0. The van der Waals surface area contributed by atoms with Gasteiger partial charge in [0, 0.05) is 0 Å². The normalized spacial score (nSPS) is 20.1. The van der Waals surface area contributed by atoms with E-state index in [-0.39, 0.29) is 12.5 Å². The minimum atomic E-state index is -1.06. The Bertz CT molecular complexity index is 311. The number of nitrogens with zero attached hydrogens (tertiary/aromatic N) is 1. The fourth-order valence-corrected chi connectivity index (χ4v) is 2.04. The number of carbonyl (C=O) groups is 2. The van der Waals surface area contributed by atoms with Gasteiger partial charge in [-0.15, -0.1) is 0 Å². The number of amides is 1. The van der Waals surface area contributed by atoms with Crippen LogP contribution in [0.15, 0.2) is 11.0 Å². The van der Waals surface area contributed by atoms with Gasteiger partial charge < -0.3 is 5.11 Å². The largest absolute Gasteiger partial charge is 0.480 e. The van der Waals surface area contributed by atoms with Gasteiger partial charge in [-0.25, -0.2) is 0 Å². The van der Waals surface area contributed by atoms with Crippen molar-refractivity contribution in [3.05, 3.63) is 11.0 Å². The quantitative estimate of drug-likeness (QED) is 0.548. The van der Waals surface area contributed by atoms with E-state index in [0.717, 1.165) is 16.7 Å². The average Bonchev–Trinajstić information content (AvgIpc) is 2.31. The molecule has 0 spiro atoms. The van der Waals surface area contributed by atoms with Gasteiger partial charge in [0.1, 0.15) is 10.9 Å². The maximum Gasteiger partial charge on any atom is 0.323 e. The van der Waals surface area contributed by atoms with Gasteiger partial charge in [0.15, 0.2) is 0 Å². The fourth-order valence-electron chi connectivity index (χ4n) is 0.863. The summed E-state index contributed by atoms with van der Waals surface area (Å²) in [6.45, 7) is 1.36. The molecule has 1 heterocycles. The van der Waals surface area contributed by atoms with Crippen molar-refractivity contribution in [2.24, 2.45) is 0 Å². The van der Waals surface area contributed by atoms with E-state index < -0.39 is 5.97 Å². The zero-order chi connectivity index (χ0) is 10.0. The first-order chi connectivity index (χ1) is 6.06. The maximum absolute atomic E-state index is 11.4. The highest BCUT2D eigenvalue weighted by Crippen LogP contribution is 2.30. The summed E-state index contributed by atoms with van der Waals surface area (Å²) in [7, 11) is 0. The molecule has 4 nitrogen and oxygen atoms in total. The highest BCUT2D eigenvalue weighted by atomic mass is 32.2. The molecule has 6 heteroatoms. The molecule has 70 valence electrons. The van der Waals surface area contributed by atoms with Crippen molar-refractivity contribution < 1.29 is 14.7 Å². The zero-order valence-corrected chi connectivity index (χ0v) is 8.44. The second-order valence-corrected chi connectivity index (χ2v) is 3.98. The van der Waals surface area contributed by atoms with E-state index in [1.165, 1.54) is 0 Å². The average molecular weight is 217 g/mol. The van der Waals surface area contributed by atoms with Crippen molar-refractivity contribution in [3.63, 3.8) is 0 Å². The summed E-state index contributed by atoms with van der Waals surface area (Å²) in [5.74, 6) is -1.38. The number of thioether (sulfide) groups is 1. The number of thiocarbonyl (C=S) groups is 1. The van der Waals surface area contributed by atoms with Crippen LogP contribution in [0.3, 0.4) is 0 Å². The number of carbonyl (C=O) groups excluding carboxylic acids is 1. The van der Waals surface area contributed by atoms with Gasteiger partial charge in [0.25, 0.3) is 5.91 Å². The molecule has 1 rings (SSSR count). The molecular weight excluding hydrogens is 210 g/mol. The van der Waals surface area contributed by atoms with Gasteiger partial charge in [0.05, 0.1) is 4.91 Å². The van der Waals surface area contributed by atoms with Crippen LogP contribution < -0.4 is 0 Å². The van der Waals surface area contributed by atoms with Crippen LogP contribution in [0.2, 0.25) is 0 Å². The van der Waals surface area contributed by atoms with Crippen LogP contribution in [0.4, 0.5) is 0 Å². The summed E-state index contributed by atoms with van der Waals surface area (Å²) in [6.07, 6.45) is 1.63. The molecule has 0 aromatic rings. The van der Waals surface area contributed by atoms with Gasteiger partial charge in [0.2, 0.25) is 0 Å². The Hall–Kier alpha value is -0.880. The Labute approximate surface area is 84.6 Å². The molecule has 0 radical (unpaired) electrons. The third-order valence-electron chi connectivity index (χ3n) is 1.43. The zero-order valence-electron chi connectivity index (χ0n) is 6.81. The van der Waals surface area contributed by atoms with E-state index in [0.29, 0.717) is 9.23 Å². The van der Waals surface area contributed by atoms with Crippen LogP contribution in [-0.4, -0.2) is 32.7 Å². The third kappa shape index (κ3) is 2.07. The molecule has 1 aliphatic rings. The smallest absolute Gasteiger partial charge is 0.323 e. The third-order valence-corrected chi connectivity index (χ3v) is 2.92. The van der Waals surface area contributed by atoms with Crippen LogP contribution in [0.1, 0.15) is 6.92 Å². The van der Waals surface area contributed by atoms with E-state index in [2.05, 4.69) is 0 Å². The Morgan fingerprint density at radius 1 is 1.77 bits per heavy atom. The highest BCUT2D eigenvalue weighted by molar-refractivity contribution is 8.26. The lowest BCUT2D eigenvalue weighted by molar-refractivity contribution is -0.140. The lowest BCUT2D eigenvalue weighted by Gasteiger charge is -2.09. The van der Waals surface area contributed by atoms with Crippen LogP contribution in [0.5, 0.6) is 0 Å². The Morgan fingerprint density at radius 2 is 2.38 bits per heavy atom. The van der Waals surface area contributed by atoms with Crippen molar-refractivity contribution in [2.45, 2.75) is 6.92 Å². The number of aliphatic carboxylic acids is 1. The van der Waals surface area contributed by atoms with Crippen molar-refractivity contribution >= 4 is 40.2 Å². The molecule has 1 saturated heterocycles. The molecule has 1 aliphatic heterocycles. The molecule has 13 heavy (non-hydrogen) atoms. The molecular formula is C7H7NO3S2. The highest BCUT2D eigenvalue weighted by Gasteiger charge is 2.32. The van der Waals surface area contributed by atoms with Gasteiger partial charge in [-0.05, 0) is 6.92 Å². The molecule has 0 saturated carbocycles. The predicted octanol–water partition coefficient (Wildman–Crippen LogP) is 0.835. The number of carboxylic acids is 1. The van der Waals surface area contributed by atoms with E-state index in [1.807, 2.05) is 0 Å². The number of hydrogen-bond donors (Lipinski definition) is 1. The lowest BCUT2D eigenvalue weighted by Crippen LogP contribution is -2.33. The van der Waals surface area contributed by atoms with E-state index >= 15 is 0 Å². The minimum absolute atomic E-state index is 0.306.